The SMILES string of the molecule is CC/C=C\C/C=C\C/C=C\C/C=C\CCCCCCC(=O)OC(COCCCCCCCC/C=C\CCCCCC)COP(=O)([O-])OCC[N+](C)(C)C. The monoisotopic (exact) mass is 766 g/mol. The Morgan fingerprint density at radius 3 is 1.66 bits per heavy atom. The van der Waals surface area contributed by atoms with E-state index in [1.807, 2.05) is 21.1 Å². The molecule has 0 bridgehead atoms. The van der Waals surface area contributed by atoms with Crippen LogP contribution >= 0.6 is 7.82 Å². The maximum absolute atomic E-state index is 12.6. The van der Waals surface area contributed by atoms with E-state index in [2.05, 4.69) is 74.6 Å². The van der Waals surface area contributed by atoms with E-state index < -0.39 is 13.9 Å². The highest BCUT2D eigenvalue weighted by Gasteiger charge is 2.20. The summed E-state index contributed by atoms with van der Waals surface area (Å²) in [5, 5.41) is 0. The van der Waals surface area contributed by atoms with E-state index in [1.165, 1.54) is 64.2 Å². The first-order valence-corrected chi connectivity index (χ1v) is 22.5. The third-order valence-electron chi connectivity index (χ3n) is 8.55. The Kier molecular flexibility index (Phi) is 35.9. The summed E-state index contributed by atoms with van der Waals surface area (Å²) < 4.78 is 34.5. The van der Waals surface area contributed by atoms with Gasteiger partial charge in [0.2, 0.25) is 0 Å². The molecule has 53 heavy (non-hydrogen) atoms. The van der Waals surface area contributed by atoms with Gasteiger partial charge in [-0.25, -0.2) is 0 Å². The van der Waals surface area contributed by atoms with Crippen LogP contribution in [0.4, 0.5) is 0 Å². The number of rotatable bonds is 38. The number of phosphoric acid groups is 1. The molecule has 0 aliphatic rings. The number of allylic oxidation sites excluding steroid dienone is 10. The van der Waals surface area contributed by atoms with Gasteiger partial charge in [-0.1, -0.05) is 132 Å². The van der Waals surface area contributed by atoms with E-state index in [4.69, 9.17) is 18.5 Å². The minimum Gasteiger partial charge on any atom is -0.756 e. The molecule has 308 valence electrons. The van der Waals surface area contributed by atoms with Crippen LogP contribution in [0.3, 0.4) is 0 Å². The van der Waals surface area contributed by atoms with Gasteiger partial charge in [-0.15, -0.1) is 0 Å². The van der Waals surface area contributed by atoms with Crippen molar-refractivity contribution < 1.29 is 37.3 Å². The van der Waals surface area contributed by atoms with Crippen LogP contribution in [0.25, 0.3) is 0 Å². The van der Waals surface area contributed by atoms with Crippen molar-refractivity contribution in [2.45, 2.75) is 161 Å². The Balaban J connectivity index is 4.33. The lowest BCUT2D eigenvalue weighted by molar-refractivity contribution is -0.870. The van der Waals surface area contributed by atoms with Crippen LogP contribution in [0.15, 0.2) is 60.8 Å². The average Bonchev–Trinajstić information content (AvgIpc) is 3.11. The zero-order chi connectivity index (χ0) is 39.1. The maximum Gasteiger partial charge on any atom is 0.306 e. The molecule has 8 nitrogen and oxygen atoms in total. The highest BCUT2D eigenvalue weighted by molar-refractivity contribution is 7.45. The number of quaternary nitrogens is 1. The van der Waals surface area contributed by atoms with Crippen molar-refractivity contribution in [1.29, 1.82) is 0 Å². The summed E-state index contributed by atoms with van der Waals surface area (Å²) in [6.45, 7) is 5.22. The molecule has 0 rings (SSSR count). The standard InChI is InChI=1S/C44H80NO7P/c1-6-8-10-12-14-16-18-20-22-23-24-25-27-29-31-33-35-37-44(46)52-43(42-51-53(47,48)50-40-38-45(3,4)5)41-49-39-36-34-32-30-28-26-21-19-17-15-13-11-9-7-2/h8,10,14,16-17,19-20,22,24-25,43H,6-7,9,11-13,15,18,21,23,26-42H2,1-5H3/b10-8-,16-14-,19-17-,22-20-,25-24-. The third kappa shape index (κ3) is 41.2. The molecule has 2 atom stereocenters. The molecule has 9 heteroatoms. The highest BCUT2D eigenvalue weighted by atomic mass is 31.2. The second-order valence-electron chi connectivity index (χ2n) is 15.0. The number of phosphoric ester groups is 1. The Morgan fingerprint density at radius 1 is 0.604 bits per heavy atom. The second-order valence-corrected chi connectivity index (χ2v) is 16.4. The van der Waals surface area contributed by atoms with Crippen LogP contribution < -0.4 is 4.89 Å². The Morgan fingerprint density at radius 2 is 1.09 bits per heavy atom. The topological polar surface area (TPSA) is 94.1 Å². The summed E-state index contributed by atoms with van der Waals surface area (Å²) >= 11 is 0. The fourth-order valence-corrected chi connectivity index (χ4v) is 6.02. The molecular weight excluding hydrogens is 685 g/mol. The largest absolute Gasteiger partial charge is 0.756 e. The first kappa shape index (κ1) is 51.2. The lowest BCUT2D eigenvalue weighted by atomic mass is 10.1. The molecule has 0 saturated carbocycles. The molecule has 0 radical (unpaired) electrons. The molecule has 0 saturated heterocycles. The fourth-order valence-electron chi connectivity index (χ4n) is 5.29. The number of hydrogen-bond acceptors (Lipinski definition) is 7. The second kappa shape index (κ2) is 37.1. The van der Waals surface area contributed by atoms with Gasteiger partial charge >= 0.3 is 5.97 Å². The predicted molar refractivity (Wildman–Crippen MR) is 222 cm³/mol. The number of unbranched alkanes of at least 4 members (excludes halogenated alkanes) is 14. The van der Waals surface area contributed by atoms with Crippen molar-refractivity contribution in [3.05, 3.63) is 60.8 Å². The number of esters is 1. The number of carbonyl (C=O) groups excluding carboxylic acids is 1. The summed E-state index contributed by atoms with van der Waals surface area (Å²) in [7, 11) is 1.33. The van der Waals surface area contributed by atoms with Gasteiger partial charge in [0.15, 0.2) is 0 Å². The molecular formula is C44H80NO7P. The van der Waals surface area contributed by atoms with E-state index in [-0.39, 0.29) is 32.2 Å². The number of ether oxygens (including phenoxy) is 2. The molecule has 0 fully saturated rings. The van der Waals surface area contributed by atoms with Crippen LogP contribution in [0.5, 0.6) is 0 Å². The van der Waals surface area contributed by atoms with E-state index in [9.17, 15) is 14.3 Å². The summed E-state index contributed by atoms with van der Waals surface area (Å²) in [6.07, 6.45) is 45.1. The molecule has 0 aromatic carbocycles. The number of hydrogen-bond donors (Lipinski definition) is 0. The summed E-state index contributed by atoms with van der Waals surface area (Å²) in [4.78, 5) is 25.0. The van der Waals surface area contributed by atoms with Crippen molar-refractivity contribution >= 4 is 13.8 Å². The zero-order valence-corrected chi connectivity index (χ0v) is 35.6. The Bertz CT molecular complexity index is 1030. The van der Waals surface area contributed by atoms with Gasteiger partial charge in [0.05, 0.1) is 34.4 Å². The molecule has 0 amide bonds. The van der Waals surface area contributed by atoms with E-state index in [0.717, 1.165) is 70.6 Å². The smallest absolute Gasteiger partial charge is 0.306 e. The molecule has 0 spiro atoms. The predicted octanol–water partition coefficient (Wildman–Crippen LogP) is 11.5. The van der Waals surface area contributed by atoms with Crippen molar-refractivity contribution in [3.8, 4) is 0 Å². The lowest BCUT2D eigenvalue weighted by Crippen LogP contribution is -2.37. The molecule has 0 N–H and O–H groups in total. The van der Waals surface area contributed by atoms with E-state index in [0.29, 0.717) is 17.6 Å². The third-order valence-corrected chi connectivity index (χ3v) is 9.52. The maximum atomic E-state index is 12.6. The fraction of sp³-hybridized carbons (Fsp3) is 0.750. The Labute approximate surface area is 326 Å². The highest BCUT2D eigenvalue weighted by Crippen LogP contribution is 2.38. The summed E-state index contributed by atoms with van der Waals surface area (Å²) in [5.74, 6) is -0.362. The minimum atomic E-state index is -4.53. The van der Waals surface area contributed by atoms with Crippen LogP contribution in [0, 0.1) is 0 Å². The Hall–Kier alpha value is -1.80. The average molecular weight is 766 g/mol. The minimum absolute atomic E-state index is 0.0172. The van der Waals surface area contributed by atoms with Gasteiger partial charge in [0.25, 0.3) is 7.82 Å². The molecule has 0 aromatic heterocycles. The van der Waals surface area contributed by atoms with Crippen LogP contribution in [0.2, 0.25) is 0 Å². The number of carbonyl (C=O) groups is 1. The van der Waals surface area contributed by atoms with E-state index >= 15 is 0 Å². The van der Waals surface area contributed by atoms with E-state index in [1.54, 1.807) is 0 Å². The van der Waals surface area contributed by atoms with Gasteiger partial charge < -0.3 is 27.9 Å². The van der Waals surface area contributed by atoms with Crippen LogP contribution in [0.1, 0.15) is 155 Å². The van der Waals surface area contributed by atoms with Crippen LogP contribution in [-0.4, -0.2) is 70.7 Å². The number of nitrogens with zero attached hydrogens (tertiary/aromatic N) is 1. The zero-order valence-electron chi connectivity index (χ0n) is 34.7. The first-order chi connectivity index (χ1) is 25.6. The molecule has 2 unspecified atom stereocenters. The van der Waals surface area contributed by atoms with Gasteiger partial charge in [-0.05, 0) is 77.0 Å². The normalized spacial score (nSPS) is 14.5. The van der Waals surface area contributed by atoms with Gasteiger partial charge in [-0.3, -0.25) is 9.36 Å². The van der Waals surface area contributed by atoms with Crippen molar-refractivity contribution in [1.82, 2.24) is 0 Å². The van der Waals surface area contributed by atoms with Gasteiger partial charge in [-0.2, -0.15) is 0 Å². The van der Waals surface area contributed by atoms with Crippen molar-refractivity contribution in [2.75, 3.05) is 54.1 Å². The molecule has 0 heterocycles. The van der Waals surface area contributed by atoms with Gasteiger partial charge in [0, 0.05) is 13.0 Å². The quantitative estimate of drug-likeness (QED) is 0.0203. The van der Waals surface area contributed by atoms with Gasteiger partial charge in [0.1, 0.15) is 19.3 Å². The first-order valence-electron chi connectivity index (χ1n) is 21.0. The summed E-state index contributed by atoms with van der Waals surface area (Å²) in [6, 6.07) is 0. The summed E-state index contributed by atoms with van der Waals surface area (Å²) in [5.41, 5.74) is 0. The number of likely N-dealkylation sites (N-methyl/N-ethyl adjacent to an activating group) is 1. The lowest BCUT2D eigenvalue weighted by Gasteiger charge is -2.28. The van der Waals surface area contributed by atoms with Crippen molar-refractivity contribution in [2.24, 2.45) is 0 Å². The molecule has 0 aliphatic carbocycles. The van der Waals surface area contributed by atoms with Crippen molar-refractivity contribution in [3.63, 3.8) is 0 Å². The van der Waals surface area contributed by atoms with Crippen LogP contribution in [-0.2, 0) is 27.9 Å². The molecule has 0 aromatic rings. The molecule has 0 aliphatic heterocycles.